The molecule has 1 amide bonds. The van der Waals surface area contributed by atoms with Crippen LogP contribution in [0, 0.1) is 20.8 Å². The van der Waals surface area contributed by atoms with Gasteiger partial charge >= 0.3 is 0 Å². The molecule has 0 atom stereocenters. The minimum atomic E-state index is -0.368. The number of anilines is 1. The summed E-state index contributed by atoms with van der Waals surface area (Å²) < 4.78 is 7.21. The van der Waals surface area contributed by atoms with Gasteiger partial charge in [0, 0.05) is 11.3 Å². The van der Waals surface area contributed by atoms with Crippen molar-refractivity contribution in [3.8, 4) is 22.8 Å². The van der Waals surface area contributed by atoms with Crippen molar-refractivity contribution < 1.29 is 9.53 Å². The Morgan fingerprint density at radius 1 is 1.00 bits per heavy atom. The Hall–Kier alpha value is -3.93. The van der Waals surface area contributed by atoms with Gasteiger partial charge in [0.2, 0.25) is 5.82 Å². The van der Waals surface area contributed by atoms with Gasteiger partial charge in [0.15, 0.2) is 5.82 Å². The number of nitrogens with zero attached hydrogens (tertiary/aromatic N) is 3. The van der Waals surface area contributed by atoms with E-state index in [1.54, 1.807) is 16.8 Å². The van der Waals surface area contributed by atoms with Gasteiger partial charge in [0.25, 0.3) is 5.91 Å². The van der Waals surface area contributed by atoms with Crippen LogP contribution in [0.4, 0.5) is 5.69 Å². The second-order valence-electron chi connectivity index (χ2n) is 7.67. The molecule has 0 fully saturated rings. The lowest BCUT2D eigenvalue weighted by Crippen LogP contribution is -2.14. The molecule has 1 N–H and O–H groups in total. The molecular weight excluding hydrogens is 400 g/mol. The van der Waals surface area contributed by atoms with Crippen LogP contribution in [0.1, 0.15) is 34.2 Å². The van der Waals surface area contributed by atoms with E-state index in [1.165, 1.54) is 0 Å². The Morgan fingerprint density at radius 3 is 2.47 bits per heavy atom. The largest absolute Gasteiger partial charge is 0.494 e. The van der Waals surface area contributed by atoms with Gasteiger partial charge in [-0.25, -0.2) is 9.67 Å². The molecule has 1 heterocycles. The summed E-state index contributed by atoms with van der Waals surface area (Å²) in [6, 6.07) is 21.3. The van der Waals surface area contributed by atoms with E-state index in [9.17, 15) is 4.79 Å². The zero-order chi connectivity index (χ0) is 22.7. The third-order valence-corrected chi connectivity index (χ3v) is 5.31. The van der Waals surface area contributed by atoms with Crippen molar-refractivity contribution in [2.75, 3.05) is 11.9 Å². The highest BCUT2D eigenvalue weighted by molar-refractivity contribution is 6.01. The predicted octanol–water partition coefficient (Wildman–Crippen LogP) is 5.51. The second kappa shape index (κ2) is 9.06. The summed E-state index contributed by atoms with van der Waals surface area (Å²) in [4.78, 5) is 17.6. The molecule has 6 nitrogen and oxygen atoms in total. The summed E-state index contributed by atoms with van der Waals surface area (Å²) in [5, 5.41) is 7.48. The SMILES string of the molecule is CCOc1ccc(NC(=O)c2nc(-c3cccc(C)c3)n(-c3cccc(C)c3C)n2)cc1. The number of hydrogen-bond acceptors (Lipinski definition) is 4. The number of carbonyl (C=O) groups is 1. The van der Waals surface area contributed by atoms with Crippen molar-refractivity contribution >= 4 is 11.6 Å². The smallest absolute Gasteiger partial charge is 0.295 e. The van der Waals surface area contributed by atoms with Crippen LogP contribution in [0.15, 0.2) is 66.7 Å². The number of aromatic nitrogens is 3. The standard InChI is InChI=1S/C26H26N4O2/c1-5-32-22-14-12-21(13-15-22)27-26(31)24-28-25(20-10-6-8-17(2)16-20)30(29-24)23-11-7-9-18(3)19(23)4/h6-16H,5H2,1-4H3,(H,27,31). The van der Waals surface area contributed by atoms with E-state index in [-0.39, 0.29) is 11.7 Å². The Morgan fingerprint density at radius 2 is 1.75 bits per heavy atom. The van der Waals surface area contributed by atoms with Gasteiger partial charge in [-0.05, 0) is 75.2 Å². The monoisotopic (exact) mass is 426 g/mol. The van der Waals surface area contributed by atoms with Gasteiger partial charge in [-0.15, -0.1) is 5.10 Å². The van der Waals surface area contributed by atoms with Gasteiger partial charge in [0.1, 0.15) is 5.75 Å². The molecule has 0 aliphatic rings. The van der Waals surface area contributed by atoms with Crippen LogP contribution in [0.25, 0.3) is 17.1 Å². The zero-order valence-corrected chi connectivity index (χ0v) is 18.7. The van der Waals surface area contributed by atoms with Gasteiger partial charge in [-0.1, -0.05) is 35.9 Å². The lowest BCUT2D eigenvalue weighted by atomic mass is 10.1. The van der Waals surface area contributed by atoms with Gasteiger partial charge in [-0.2, -0.15) is 0 Å². The highest BCUT2D eigenvalue weighted by Gasteiger charge is 2.20. The second-order valence-corrected chi connectivity index (χ2v) is 7.67. The van der Waals surface area contributed by atoms with E-state index < -0.39 is 0 Å². The maximum Gasteiger partial charge on any atom is 0.295 e. The molecule has 1 aromatic heterocycles. The van der Waals surface area contributed by atoms with Crippen molar-refractivity contribution in [2.45, 2.75) is 27.7 Å². The minimum absolute atomic E-state index is 0.108. The average Bonchev–Trinajstić information content (AvgIpc) is 3.23. The molecular formula is C26H26N4O2. The quantitative estimate of drug-likeness (QED) is 0.441. The molecule has 6 heteroatoms. The summed E-state index contributed by atoms with van der Waals surface area (Å²) in [6.45, 7) is 8.65. The van der Waals surface area contributed by atoms with Crippen molar-refractivity contribution in [1.29, 1.82) is 0 Å². The van der Waals surface area contributed by atoms with E-state index in [0.717, 1.165) is 33.7 Å². The molecule has 4 aromatic rings. The van der Waals surface area contributed by atoms with E-state index in [0.29, 0.717) is 18.1 Å². The number of aryl methyl sites for hydroxylation is 2. The van der Waals surface area contributed by atoms with Crippen LogP contribution < -0.4 is 10.1 Å². The van der Waals surface area contributed by atoms with Crippen LogP contribution in [0.5, 0.6) is 5.75 Å². The summed E-state index contributed by atoms with van der Waals surface area (Å²) in [5.74, 6) is 1.12. The lowest BCUT2D eigenvalue weighted by molar-refractivity contribution is 0.101. The third kappa shape index (κ3) is 4.39. The first kappa shape index (κ1) is 21.3. The summed E-state index contributed by atoms with van der Waals surface area (Å²) in [6.07, 6.45) is 0. The highest BCUT2D eigenvalue weighted by Crippen LogP contribution is 2.25. The molecule has 4 rings (SSSR count). The Labute approximate surface area is 187 Å². The van der Waals surface area contributed by atoms with E-state index >= 15 is 0 Å². The van der Waals surface area contributed by atoms with Crippen LogP contribution in [0.3, 0.4) is 0 Å². The van der Waals surface area contributed by atoms with Gasteiger partial charge in [0.05, 0.1) is 12.3 Å². The summed E-state index contributed by atoms with van der Waals surface area (Å²) in [5.41, 5.74) is 5.79. The molecule has 0 radical (unpaired) electrons. The number of ether oxygens (including phenoxy) is 1. The molecule has 162 valence electrons. The average molecular weight is 427 g/mol. The number of carbonyl (C=O) groups excluding carboxylic acids is 1. The number of hydrogen-bond donors (Lipinski definition) is 1. The van der Waals surface area contributed by atoms with Gasteiger partial charge in [-0.3, -0.25) is 4.79 Å². The summed E-state index contributed by atoms with van der Waals surface area (Å²) >= 11 is 0. The molecule has 3 aromatic carbocycles. The zero-order valence-electron chi connectivity index (χ0n) is 18.7. The highest BCUT2D eigenvalue weighted by atomic mass is 16.5. The molecule has 0 saturated carbocycles. The van der Waals surface area contributed by atoms with Crippen molar-refractivity contribution in [1.82, 2.24) is 14.8 Å². The fourth-order valence-electron chi connectivity index (χ4n) is 3.50. The van der Waals surface area contributed by atoms with E-state index in [2.05, 4.69) is 28.4 Å². The first-order chi connectivity index (χ1) is 15.5. The number of nitrogens with one attached hydrogen (secondary N) is 1. The number of amides is 1. The molecule has 0 aliphatic heterocycles. The van der Waals surface area contributed by atoms with Crippen molar-refractivity contribution in [3.63, 3.8) is 0 Å². The normalized spacial score (nSPS) is 10.8. The van der Waals surface area contributed by atoms with E-state index in [1.807, 2.05) is 69.3 Å². The Bertz CT molecular complexity index is 1260. The Kier molecular flexibility index (Phi) is 6.03. The molecule has 0 bridgehead atoms. The molecule has 0 aliphatic carbocycles. The van der Waals surface area contributed by atoms with Crippen LogP contribution in [-0.4, -0.2) is 27.3 Å². The maximum atomic E-state index is 13.0. The fourth-order valence-corrected chi connectivity index (χ4v) is 3.50. The summed E-state index contributed by atoms with van der Waals surface area (Å²) in [7, 11) is 0. The number of rotatable bonds is 6. The van der Waals surface area contributed by atoms with Crippen molar-refractivity contribution in [3.05, 3.63) is 89.2 Å². The van der Waals surface area contributed by atoms with Gasteiger partial charge < -0.3 is 10.1 Å². The first-order valence-corrected chi connectivity index (χ1v) is 10.6. The van der Waals surface area contributed by atoms with Crippen LogP contribution >= 0.6 is 0 Å². The van der Waals surface area contributed by atoms with Crippen LogP contribution in [-0.2, 0) is 0 Å². The molecule has 0 unspecified atom stereocenters. The van der Waals surface area contributed by atoms with Crippen LogP contribution in [0.2, 0.25) is 0 Å². The minimum Gasteiger partial charge on any atom is -0.494 e. The topological polar surface area (TPSA) is 69.0 Å². The van der Waals surface area contributed by atoms with E-state index in [4.69, 9.17) is 4.74 Å². The third-order valence-electron chi connectivity index (χ3n) is 5.31. The lowest BCUT2D eigenvalue weighted by Gasteiger charge is -2.11. The van der Waals surface area contributed by atoms with Crippen molar-refractivity contribution in [2.24, 2.45) is 0 Å². The number of benzene rings is 3. The molecule has 32 heavy (non-hydrogen) atoms. The molecule has 0 spiro atoms. The first-order valence-electron chi connectivity index (χ1n) is 10.6. The predicted molar refractivity (Wildman–Crippen MR) is 127 cm³/mol. The Balaban J connectivity index is 1.73. The molecule has 0 saturated heterocycles. The maximum absolute atomic E-state index is 13.0. The fraction of sp³-hybridized carbons (Fsp3) is 0.192.